The number of nitrogens with zero attached hydrogens (tertiary/aromatic N) is 8. The van der Waals surface area contributed by atoms with Gasteiger partial charge in [-0.15, -0.1) is 5.10 Å². The Balaban J connectivity index is 1.62. The molecule has 1 saturated heterocycles. The highest BCUT2D eigenvalue weighted by Gasteiger charge is 2.35. The Bertz CT molecular complexity index is 1100. The van der Waals surface area contributed by atoms with Crippen LogP contribution in [0.3, 0.4) is 0 Å². The van der Waals surface area contributed by atoms with Crippen molar-refractivity contribution in [1.29, 1.82) is 5.26 Å². The van der Waals surface area contributed by atoms with E-state index in [0.29, 0.717) is 24.5 Å². The van der Waals surface area contributed by atoms with Crippen molar-refractivity contribution in [3.05, 3.63) is 34.5 Å². The first-order valence-corrected chi connectivity index (χ1v) is 9.29. The Morgan fingerprint density at radius 2 is 1.86 bits per heavy atom. The van der Waals surface area contributed by atoms with Gasteiger partial charge < -0.3 is 4.90 Å². The van der Waals surface area contributed by atoms with Crippen LogP contribution in [0.1, 0.15) is 41.3 Å². The van der Waals surface area contributed by atoms with Gasteiger partial charge in [-0.3, -0.25) is 4.68 Å². The Kier molecular flexibility index (Phi) is 4.64. The molecule has 11 heteroatoms. The van der Waals surface area contributed by atoms with Crippen LogP contribution < -0.4 is 4.90 Å². The van der Waals surface area contributed by atoms with Crippen LogP contribution in [0, 0.1) is 18.3 Å². The molecule has 8 nitrogen and oxygen atoms in total. The summed E-state index contributed by atoms with van der Waals surface area (Å²) in [5.41, 5.74) is -1.01. The Morgan fingerprint density at radius 1 is 1.14 bits per heavy atom. The second-order valence-corrected chi connectivity index (χ2v) is 7.08. The first kappa shape index (κ1) is 19.2. The minimum Gasteiger partial charge on any atom is -0.340 e. The van der Waals surface area contributed by atoms with E-state index in [9.17, 15) is 13.2 Å². The van der Waals surface area contributed by atoms with E-state index < -0.39 is 11.7 Å². The maximum atomic E-state index is 13.4. The molecule has 4 rings (SSSR count). The molecule has 0 radical (unpaired) electrons. The number of aromatic nitrogens is 6. The van der Waals surface area contributed by atoms with E-state index in [1.54, 1.807) is 24.7 Å². The molecule has 1 fully saturated rings. The van der Waals surface area contributed by atoms with Crippen molar-refractivity contribution < 1.29 is 13.2 Å². The van der Waals surface area contributed by atoms with Crippen LogP contribution in [-0.2, 0) is 26.1 Å². The third-order valence-electron chi connectivity index (χ3n) is 5.12. The van der Waals surface area contributed by atoms with Gasteiger partial charge in [-0.2, -0.15) is 28.5 Å². The quantitative estimate of drug-likeness (QED) is 0.664. The number of rotatable bonds is 4. The van der Waals surface area contributed by atoms with Crippen LogP contribution >= 0.6 is 0 Å². The summed E-state index contributed by atoms with van der Waals surface area (Å²) in [7, 11) is 1.80. The summed E-state index contributed by atoms with van der Waals surface area (Å²) >= 11 is 0. The average Bonchev–Trinajstić information content (AvgIpc) is 3.39. The smallest absolute Gasteiger partial charge is 0.340 e. The van der Waals surface area contributed by atoms with Crippen LogP contribution in [0.15, 0.2) is 6.07 Å². The summed E-state index contributed by atoms with van der Waals surface area (Å²) in [5, 5.41) is 17.8. The second-order valence-electron chi connectivity index (χ2n) is 7.08. The molecule has 152 valence electrons. The zero-order valence-corrected chi connectivity index (χ0v) is 16.0. The van der Waals surface area contributed by atoms with Crippen LogP contribution in [0.4, 0.5) is 19.1 Å². The topological polar surface area (TPSA) is 87.9 Å². The second kappa shape index (κ2) is 7.02. The third-order valence-corrected chi connectivity index (χ3v) is 5.12. The zero-order valence-electron chi connectivity index (χ0n) is 16.0. The molecule has 1 aliphatic heterocycles. The SMILES string of the molecule is Cc1c(C#N)cc(C(F)(F)F)c2nc(CCc3nc(N4CCCC4)nn3C)nn12. The molecule has 3 aromatic rings. The molecule has 0 spiro atoms. The molecule has 0 atom stereocenters. The molecule has 1 aliphatic rings. The fraction of sp³-hybridized carbons (Fsp3) is 0.500. The van der Waals surface area contributed by atoms with Gasteiger partial charge in [0.2, 0.25) is 5.95 Å². The molecule has 0 aromatic carbocycles. The van der Waals surface area contributed by atoms with E-state index in [1.165, 1.54) is 0 Å². The van der Waals surface area contributed by atoms with E-state index >= 15 is 0 Å². The van der Waals surface area contributed by atoms with E-state index in [0.717, 1.165) is 42.3 Å². The monoisotopic (exact) mass is 404 g/mol. The third kappa shape index (κ3) is 3.50. The molecule has 0 aliphatic carbocycles. The van der Waals surface area contributed by atoms with Gasteiger partial charge in [0.25, 0.3) is 0 Å². The molecule has 0 bridgehead atoms. The largest absolute Gasteiger partial charge is 0.420 e. The van der Waals surface area contributed by atoms with Crippen LogP contribution in [0.5, 0.6) is 0 Å². The van der Waals surface area contributed by atoms with Crippen molar-refractivity contribution >= 4 is 11.6 Å². The normalized spacial score (nSPS) is 14.7. The summed E-state index contributed by atoms with van der Waals surface area (Å²) in [4.78, 5) is 10.8. The lowest BCUT2D eigenvalue weighted by Gasteiger charge is -2.10. The predicted molar refractivity (Wildman–Crippen MR) is 97.3 cm³/mol. The minimum atomic E-state index is -4.63. The number of halogens is 3. The van der Waals surface area contributed by atoms with E-state index in [1.807, 2.05) is 0 Å². The first-order valence-electron chi connectivity index (χ1n) is 9.29. The summed E-state index contributed by atoms with van der Waals surface area (Å²) < 4.78 is 43.0. The fourth-order valence-corrected chi connectivity index (χ4v) is 3.51. The van der Waals surface area contributed by atoms with Crippen molar-refractivity contribution in [3.63, 3.8) is 0 Å². The molecule has 0 saturated carbocycles. The highest BCUT2D eigenvalue weighted by molar-refractivity contribution is 5.55. The first-order chi connectivity index (χ1) is 13.8. The fourth-order valence-electron chi connectivity index (χ4n) is 3.51. The van der Waals surface area contributed by atoms with Crippen molar-refractivity contribution in [3.8, 4) is 6.07 Å². The molecule has 3 aromatic heterocycles. The minimum absolute atomic E-state index is 0.0789. The number of pyridine rings is 1. The molecular weight excluding hydrogens is 385 g/mol. The van der Waals surface area contributed by atoms with Gasteiger partial charge >= 0.3 is 6.18 Å². The summed E-state index contributed by atoms with van der Waals surface area (Å²) in [6, 6.07) is 2.62. The molecule has 4 heterocycles. The predicted octanol–water partition coefficient (Wildman–Crippen LogP) is 2.44. The van der Waals surface area contributed by atoms with Gasteiger partial charge in [-0.25, -0.2) is 9.50 Å². The van der Waals surface area contributed by atoms with Gasteiger partial charge in [0.05, 0.1) is 11.3 Å². The van der Waals surface area contributed by atoms with Crippen LogP contribution in [0.25, 0.3) is 5.65 Å². The van der Waals surface area contributed by atoms with Crippen LogP contribution in [-0.4, -0.2) is 42.5 Å². The standard InChI is InChI=1S/C18H19F3N8/c1-11-12(10-22)9-13(18(19,20)21)16-23-14(25-29(11)16)5-6-15-24-17(26-27(15)2)28-7-3-4-8-28/h9H,3-8H2,1-2H3. The Labute approximate surface area is 164 Å². The highest BCUT2D eigenvalue weighted by Crippen LogP contribution is 2.33. The lowest BCUT2D eigenvalue weighted by molar-refractivity contribution is -0.136. The number of alkyl halides is 3. The number of nitriles is 1. The number of hydrogen-bond acceptors (Lipinski definition) is 6. The molecular formula is C18H19F3N8. The van der Waals surface area contributed by atoms with Crippen molar-refractivity contribution in [1.82, 2.24) is 29.4 Å². The summed E-state index contributed by atoms with van der Waals surface area (Å²) in [5.74, 6) is 1.66. The maximum absolute atomic E-state index is 13.4. The van der Waals surface area contributed by atoms with Crippen molar-refractivity contribution in [2.24, 2.45) is 7.05 Å². The Hall–Kier alpha value is -3.16. The van der Waals surface area contributed by atoms with Gasteiger partial charge in [-0.05, 0) is 25.8 Å². The number of anilines is 1. The summed E-state index contributed by atoms with van der Waals surface area (Å²) in [6.07, 6.45) is -1.64. The molecule has 0 N–H and O–H groups in total. The average molecular weight is 404 g/mol. The van der Waals surface area contributed by atoms with Crippen molar-refractivity contribution in [2.75, 3.05) is 18.0 Å². The van der Waals surface area contributed by atoms with Gasteiger partial charge in [0.1, 0.15) is 17.5 Å². The lowest BCUT2D eigenvalue weighted by Crippen LogP contribution is -2.19. The van der Waals surface area contributed by atoms with E-state index in [2.05, 4.69) is 25.1 Å². The molecule has 0 amide bonds. The Morgan fingerprint density at radius 3 is 2.52 bits per heavy atom. The molecule has 0 unspecified atom stereocenters. The van der Waals surface area contributed by atoms with Crippen molar-refractivity contribution in [2.45, 2.75) is 38.8 Å². The number of hydrogen-bond donors (Lipinski definition) is 0. The van der Waals surface area contributed by atoms with Gasteiger partial charge in [-0.1, -0.05) is 0 Å². The highest BCUT2D eigenvalue weighted by atomic mass is 19.4. The zero-order chi connectivity index (χ0) is 20.8. The maximum Gasteiger partial charge on any atom is 0.420 e. The van der Waals surface area contributed by atoms with E-state index in [-0.39, 0.29) is 17.0 Å². The van der Waals surface area contributed by atoms with Gasteiger partial charge in [0, 0.05) is 33.0 Å². The molecule has 29 heavy (non-hydrogen) atoms. The summed E-state index contributed by atoms with van der Waals surface area (Å²) in [6.45, 7) is 3.41. The lowest BCUT2D eigenvalue weighted by atomic mass is 10.1. The number of fused-ring (bicyclic) bond motifs is 1. The number of aryl methyl sites for hydroxylation is 4. The van der Waals surface area contributed by atoms with Gasteiger partial charge in [0.15, 0.2) is 11.5 Å². The van der Waals surface area contributed by atoms with Crippen LogP contribution in [0.2, 0.25) is 0 Å². The van der Waals surface area contributed by atoms with E-state index in [4.69, 9.17) is 5.26 Å².